The van der Waals surface area contributed by atoms with Crippen LogP contribution in [0.4, 0.5) is 5.69 Å². The van der Waals surface area contributed by atoms with Gasteiger partial charge in [0.05, 0.1) is 17.8 Å². The van der Waals surface area contributed by atoms with Gasteiger partial charge in [0, 0.05) is 16.3 Å². The van der Waals surface area contributed by atoms with Gasteiger partial charge in [-0.3, -0.25) is 9.59 Å². The molecule has 0 aliphatic carbocycles. The molecule has 0 spiro atoms. The number of halogens is 1. The van der Waals surface area contributed by atoms with Crippen molar-refractivity contribution in [3.05, 3.63) is 94.5 Å². The smallest absolute Gasteiger partial charge is 0.249 e. The molecule has 2 N–H and O–H groups in total. The van der Waals surface area contributed by atoms with Gasteiger partial charge in [0.2, 0.25) is 11.8 Å². The third-order valence-electron chi connectivity index (χ3n) is 4.26. The first-order valence-electron chi connectivity index (χ1n) is 9.61. The number of nitrogens with zero attached hydrogens (tertiary/aromatic N) is 2. The lowest BCUT2D eigenvalue weighted by Gasteiger charge is -2.07. The summed E-state index contributed by atoms with van der Waals surface area (Å²) in [5.74, 6) is -0.360. The van der Waals surface area contributed by atoms with Crippen molar-refractivity contribution in [2.45, 2.75) is 13.0 Å². The number of nitrogens with one attached hydrogen (secondary N) is 2. The Kier molecular flexibility index (Phi) is 7.96. The molecule has 0 saturated heterocycles. The van der Waals surface area contributed by atoms with E-state index < -0.39 is 11.8 Å². The molecule has 3 aromatic rings. The van der Waals surface area contributed by atoms with Gasteiger partial charge in [-0.1, -0.05) is 29.8 Å². The SMILES string of the molecule is N#Cc1ccccc1COc1ccc(C=NNC(=O)CC(=O)Nc2ccc(Cl)cc2)cc1. The summed E-state index contributed by atoms with van der Waals surface area (Å²) in [5, 5.41) is 16.1. The fourth-order valence-electron chi connectivity index (χ4n) is 2.67. The number of nitriles is 1. The maximum Gasteiger partial charge on any atom is 0.249 e. The number of rotatable bonds is 8. The molecule has 0 radical (unpaired) electrons. The Morgan fingerprint density at radius 1 is 1.00 bits per heavy atom. The van der Waals surface area contributed by atoms with Crippen LogP contribution in [0.2, 0.25) is 5.02 Å². The molecule has 0 unspecified atom stereocenters. The summed E-state index contributed by atoms with van der Waals surface area (Å²) in [7, 11) is 0. The van der Waals surface area contributed by atoms with Crippen molar-refractivity contribution in [1.29, 1.82) is 5.26 Å². The van der Waals surface area contributed by atoms with Gasteiger partial charge in [0.1, 0.15) is 18.8 Å². The Bertz CT molecular complexity index is 1150. The number of carbonyl (C=O) groups excluding carboxylic acids is 2. The second-order valence-corrected chi connectivity index (χ2v) is 7.09. The zero-order valence-electron chi connectivity index (χ0n) is 16.9. The molecule has 0 fully saturated rings. The Balaban J connectivity index is 1.44. The lowest BCUT2D eigenvalue weighted by molar-refractivity contribution is -0.126. The number of benzene rings is 3. The Labute approximate surface area is 190 Å². The number of hydrogen-bond donors (Lipinski definition) is 2. The first-order chi connectivity index (χ1) is 15.5. The molecule has 3 aromatic carbocycles. The average molecular weight is 447 g/mol. The molecule has 32 heavy (non-hydrogen) atoms. The molecule has 0 aliphatic rings. The molecular formula is C24H19ClN4O3. The highest BCUT2D eigenvalue weighted by Gasteiger charge is 2.09. The summed E-state index contributed by atoms with van der Waals surface area (Å²) in [6.07, 6.45) is 1.10. The largest absolute Gasteiger partial charge is 0.489 e. The van der Waals surface area contributed by atoms with E-state index in [0.29, 0.717) is 22.0 Å². The monoisotopic (exact) mass is 446 g/mol. The summed E-state index contributed by atoms with van der Waals surface area (Å²) in [6.45, 7) is 0.283. The van der Waals surface area contributed by atoms with Crippen molar-refractivity contribution in [2.24, 2.45) is 5.10 Å². The van der Waals surface area contributed by atoms with Gasteiger partial charge in [-0.2, -0.15) is 10.4 Å². The van der Waals surface area contributed by atoms with Crippen molar-refractivity contribution >= 4 is 35.3 Å². The van der Waals surface area contributed by atoms with Crippen LogP contribution in [0, 0.1) is 11.3 Å². The second kappa shape index (κ2) is 11.3. The summed E-state index contributed by atoms with van der Waals surface area (Å²) in [4.78, 5) is 23.8. The highest BCUT2D eigenvalue weighted by atomic mass is 35.5. The van der Waals surface area contributed by atoms with Crippen LogP contribution in [-0.2, 0) is 16.2 Å². The van der Waals surface area contributed by atoms with Crippen molar-refractivity contribution in [3.8, 4) is 11.8 Å². The molecule has 7 nitrogen and oxygen atoms in total. The minimum absolute atomic E-state index is 0.283. The summed E-state index contributed by atoms with van der Waals surface area (Å²) in [5.41, 5.74) is 4.99. The number of carbonyl (C=O) groups is 2. The van der Waals surface area contributed by atoms with E-state index in [9.17, 15) is 9.59 Å². The first kappa shape index (κ1) is 22.5. The summed E-state index contributed by atoms with van der Waals surface area (Å²) in [6, 6.07) is 23.0. The van der Waals surface area contributed by atoms with Gasteiger partial charge < -0.3 is 10.1 Å². The number of anilines is 1. The average Bonchev–Trinajstić information content (AvgIpc) is 2.80. The molecule has 160 valence electrons. The molecule has 0 saturated carbocycles. The van der Waals surface area contributed by atoms with Crippen molar-refractivity contribution in [2.75, 3.05) is 5.32 Å². The highest BCUT2D eigenvalue weighted by molar-refractivity contribution is 6.30. The maximum atomic E-state index is 11.9. The first-order valence-corrected chi connectivity index (χ1v) is 9.99. The third kappa shape index (κ3) is 6.97. The standard InChI is InChI=1S/C24H19ClN4O3/c25-20-7-9-21(10-8-20)28-23(30)13-24(31)29-27-15-17-5-11-22(12-6-17)32-16-19-4-2-1-3-18(19)14-26/h1-12,15H,13,16H2,(H,28,30)(H,29,31). The topological polar surface area (TPSA) is 104 Å². The zero-order valence-corrected chi connectivity index (χ0v) is 17.7. The van der Waals surface area contributed by atoms with Gasteiger partial charge in [-0.05, 0) is 60.2 Å². The van der Waals surface area contributed by atoms with Crippen LogP contribution in [0.15, 0.2) is 77.9 Å². The van der Waals surface area contributed by atoms with E-state index in [4.69, 9.17) is 21.6 Å². The number of ether oxygens (including phenoxy) is 1. The fraction of sp³-hybridized carbons (Fsp3) is 0.0833. The molecule has 8 heteroatoms. The number of hydrogen-bond acceptors (Lipinski definition) is 5. The van der Waals surface area contributed by atoms with Crippen LogP contribution < -0.4 is 15.5 Å². The molecule has 0 aromatic heterocycles. The van der Waals surface area contributed by atoms with Crippen molar-refractivity contribution < 1.29 is 14.3 Å². The highest BCUT2D eigenvalue weighted by Crippen LogP contribution is 2.16. The molecular weight excluding hydrogens is 428 g/mol. The van der Waals surface area contributed by atoms with E-state index in [1.165, 1.54) is 6.21 Å². The Morgan fingerprint density at radius 3 is 2.44 bits per heavy atom. The maximum absolute atomic E-state index is 11.9. The van der Waals surface area contributed by atoms with Gasteiger partial charge >= 0.3 is 0 Å². The minimum Gasteiger partial charge on any atom is -0.489 e. The summed E-state index contributed by atoms with van der Waals surface area (Å²) >= 11 is 5.79. The van der Waals surface area contributed by atoms with E-state index in [0.717, 1.165) is 11.1 Å². The van der Waals surface area contributed by atoms with E-state index >= 15 is 0 Å². The second-order valence-electron chi connectivity index (χ2n) is 6.65. The lowest BCUT2D eigenvalue weighted by Crippen LogP contribution is -2.24. The van der Waals surface area contributed by atoms with Crippen LogP contribution in [-0.4, -0.2) is 18.0 Å². The van der Waals surface area contributed by atoms with Crippen LogP contribution in [0.1, 0.15) is 23.1 Å². The molecule has 0 bridgehead atoms. The van der Waals surface area contributed by atoms with Gasteiger partial charge in [0.15, 0.2) is 0 Å². The van der Waals surface area contributed by atoms with Crippen molar-refractivity contribution in [1.82, 2.24) is 5.43 Å². The lowest BCUT2D eigenvalue weighted by atomic mass is 10.1. The van der Waals surface area contributed by atoms with Gasteiger partial charge in [0.25, 0.3) is 0 Å². The molecule has 0 aliphatic heterocycles. The molecule has 0 atom stereocenters. The number of hydrazone groups is 1. The minimum atomic E-state index is -0.538. The normalized spacial score (nSPS) is 10.4. The van der Waals surface area contributed by atoms with Gasteiger partial charge in [-0.25, -0.2) is 5.43 Å². The summed E-state index contributed by atoms with van der Waals surface area (Å²) < 4.78 is 5.71. The van der Waals surface area contributed by atoms with Crippen LogP contribution >= 0.6 is 11.6 Å². The predicted molar refractivity (Wildman–Crippen MR) is 122 cm³/mol. The Morgan fingerprint density at radius 2 is 1.72 bits per heavy atom. The van der Waals surface area contributed by atoms with E-state index in [-0.39, 0.29) is 13.0 Å². The van der Waals surface area contributed by atoms with E-state index in [1.54, 1.807) is 60.7 Å². The van der Waals surface area contributed by atoms with Crippen molar-refractivity contribution in [3.63, 3.8) is 0 Å². The quantitative estimate of drug-likeness (QED) is 0.306. The fourth-order valence-corrected chi connectivity index (χ4v) is 2.79. The zero-order chi connectivity index (χ0) is 22.8. The molecule has 0 heterocycles. The number of amides is 2. The van der Waals surface area contributed by atoms with Crippen LogP contribution in [0.3, 0.4) is 0 Å². The van der Waals surface area contributed by atoms with E-state index in [1.807, 2.05) is 12.1 Å². The third-order valence-corrected chi connectivity index (χ3v) is 4.52. The van der Waals surface area contributed by atoms with E-state index in [2.05, 4.69) is 21.9 Å². The van der Waals surface area contributed by atoms with Crippen LogP contribution in [0.5, 0.6) is 5.75 Å². The predicted octanol–water partition coefficient (Wildman–Crippen LogP) is 4.27. The molecule has 2 amide bonds. The van der Waals surface area contributed by atoms with Crippen LogP contribution in [0.25, 0.3) is 0 Å². The van der Waals surface area contributed by atoms with Gasteiger partial charge in [-0.15, -0.1) is 0 Å². The Hall–Kier alpha value is -4.15. The molecule has 3 rings (SSSR count).